The van der Waals surface area contributed by atoms with Crippen LogP contribution in [0.5, 0.6) is 0 Å². The quantitative estimate of drug-likeness (QED) is 0.723. The normalized spacial score (nSPS) is 16.9. The Morgan fingerprint density at radius 2 is 1.95 bits per heavy atom. The number of carbonyl (C=O) groups is 1. The van der Waals surface area contributed by atoms with Gasteiger partial charge in [-0.2, -0.15) is 0 Å². The van der Waals surface area contributed by atoms with Crippen molar-refractivity contribution in [1.82, 2.24) is 4.90 Å². The van der Waals surface area contributed by atoms with Crippen LogP contribution in [0.4, 0.5) is 8.78 Å². The highest BCUT2D eigenvalue weighted by Gasteiger charge is 2.34. The predicted octanol–water partition coefficient (Wildman–Crippen LogP) is 3.23. The third kappa shape index (κ3) is 4.65. The molecule has 0 aliphatic carbocycles. The molecule has 0 atom stereocenters. The van der Waals surface area contributed by atoms with Gasteiger partial charge in [0.15, 0.2) is 0 Å². The van der Waals surface area contributed by atoms with E-state index in [2.05, 4.69) is 5.92 Å². The lowest BCUT2D eigenvalue weighted by atomic mass is 9.83. The van der Waals surface area contributed by atoms with Gasteiger partial charge in [0.25, 0.3) is 0 Å². The monoisotopic (exact) mass is 279 g/mol. The van der Waals surface area contributed by atoms with E-state index in [4.69, 9.17) is 6.42 Å². The second-order valence-corrected chi connectivity index (χ2v) is 5.36. The number of nitrogens with zero attached hydrogens (tertiary/aromatic N) is 1. The molecule has 2 nitrogen and oxygen atoms in total. The number of hydrogen-bond donors (Lipinski definition) is 0. The summed E-state index contributed by atoms with van der Waals surface area (Å²) in [4.78, 5) is 13.4. The van der Waals surface area contributed by atoms with Gasteiger partial charge in [-0.15, -0.1) is 6.42 Å². The molecule has 1 aromatic rings. The number of hydrogen-bond acceptors (Lipinski definition) is 1. The minimum Gasteiger partial charge on any atom is -0.331 e. The van der Waals surface area contributed by atoms with Gasteiger partial charge in [-0.25, -0.2) is 8.78 Å². The minimum atomic E-state index is -0.537. The molecule has 0 N–H and O–H groups in total. The molecule has 0 unspecified atom stereocenters. The van der Waals surface area contributed by atoms with Crippen LogP contribution in [-0.4, -0.2) is 23.9 Å². The first kappa shape index (κ1) is 16.2. The summed E-state index contributed by atoms with van der Waals surface area (Å²) in [7, 11) is 0. The lowest BCUT2D eigenvalue weighted by molar-refractivity contribution is -0.143. The summed E-state index contributed by atoms with van der Waals surface area (Å²) in [6, 6.07) is 4.55. The van der Waals surface area contributed by atoms with Crippen molar-refractivity contribution < 1.29 is 13.6 Å². The van der Waals surface area contributed by atoms with Gasteiger partial charge in [0.1, 0.15) is 11.6 Å². The molecule has 1 fully saturated rings. The topological polar surface area (TPSA) is 20.3 Å². The molecule has 0 saturated carbocycles. The van der Waals surface area contributed by atoms with Crippen LogP contribution in [0, 0.1) is 29.4 Å². The molecule has 1 amide bonds. The number of halogens is 2. The van der Waals surface area contributed by atoms with E-state index in [1.807, 2.05) is 13.8 Å². The number of likely N-dealkylation sites (tertiary alicyclic amines) is 1. The third-order valence-electron chi connectivity index (χ3n) is 3.16. The maximum atomic E-state index is 11.9. The summed E-state index contributed by atoms with van der Waals surface area (Å²) in [6.07, 6.45) is 7.22. The minimum absolute atomic E-state index is 0.199. The van der Waals surface area contributed by atoms with Gasteiger partial charge < -0.3 is 4.90 Å². The van der Waals surface area contributed by atoms with Gasteiger partial charge in [0.2, 0.25) is 5.91 Å². The van der Waals surface area contributed by atoms with Crippen LogP contribution in [-0.2, 0) is 4.79 Å². The summed E-state index contributed by atoms with van der Waals surface area (Å²) < 4.78 is 23.9. The lowest BCUT2D eigenvalue weighted by Gasteiger charge is -2.36. The number of amides is 1. The summed E-state index contributed by atoms with van der Waals surface area (Å²) in [5.74, 6) is 1.64. The fourth-order valence-electron chi connectivity index (χ4n) is 2.07. The molecule has 2 rings (SSSR count). The van der Waals surface area contributed by atoms with Gasteiger partial charge in [-0.3, -0.25) is 4.79 Å². The van der Waals surface area contributed by atoms with E-state index in [0.29, 0.717) is 6.54 Å². The molecule has 0 spiro atoms. The highest BCUT2D eigenvalue weighted by atomic mass is 19.1. The molecular weight excluding hydrogens is 260 g/mol. The van der Waals surface area contributed by atoms with Crippen molar-refractivity contribution in [3.63, 3.8) is 0 Å². The Morgan fingerprint density at radius 1 is 1.35 bits per heavy atom. The molecule has 1 aromatic carbocycles. The van der Waals surface area contributed by atoms with Crippen LogP contribution < -0.4 is 0 Å². The van der Waals surface area contributed by atoms with Gasteiger partial charge in [0, 0.05) is 18.0 Å². The standard InChI is InChI=1S/C10H15NO.C6H4F2/c1-4-7-11-8-5-6-10(2,3)9(11)12;7-5-2-1-3-6(8)4-5/h1H,5-8H2,2-3H3;1-4H. The van der Waals surface area contributed by atoms with Gasteiger partial charge in [-0.1, -0.05) is 25.8 Å². The van der Waals surface area contributed by atoms with E-state index in [-0.39, 0.29) is 11.3 Å². The fraction of sp³-hybridized carbons (Fsp3) is 0.438. The van der Waals surface area contributed by atoms with Gasteiger partial charge in [-0.05, 0) is 25.0 Å². The molecule has 1 saturated heterocycles. The largest absolute Gasteiger partial charge is 0.331 e. The van der Waals surface area contributed by atoms with Crippen LogP contribution in [0.15, 0.2) is 24.3 Å². The lowest BCUT2D eigenvalue weighted by Crippen LogP contribution is -2.45. The zero-order chi connectivity index (χ0) is 15.2. The van der Waals surface area contributed by atoms with Crippen molar-refractivity contribution in [3.05, 3.63) is 35.9 Å². The fourth-order valence-corrected chi connectivity index (χ4v) is 2.07. The molecule has 0 bridgehead atoms. The van der Waals surface area contributed by atoms with Gasteiger partial charge >= 0.3 is 0 Å². The zero-order valence-electron chi connectivity index (χ0n) is 11.8. The third-order valence-corrected chi connectivity index (χ3v) is 3.16. The maximum absolute atomic E-state index is 11.9. The molecule has 1 aliphatic heterocycles. The first-order valence-electron chi connectivity index (χ1n) is 6.51. The van der Waals surface area contributed by atoms with E-state index in [1.54, 1.807) is 4.90 Å². The summed E-state index contributed by atoms with van der Waals surface area (Å²) in [5.41, 5.74) is -0.199. The first-order valence-corrected chi connectivity index (χ1v) is 6.51. The molecule has 1 aliphatic rings. The van der Waals surface area contributed by atoms with E-state index < -0.39 is 11.6 Å². The van der Waals surface area contributed by atoms with Crippen molar-refractivity contribution in [2.75, 3.05) is 13.1 Å². The Kier molecular flexibility index (Phi) is 5.69. The van der Waals surface area contributed by atoms with Crippen molar-refractivity contribution >= 4 is 5.91 Å². The number of piperidine rings is 1. The maximum Gasteiger partial charge on any atom is 0.229 e. The Bertz CT molecular complexity index is 488. The van der Waals surface area contributed by atoms with Crippen LogP contribution in [0.3, 0.4) is 0 Å². The predicted molar refractivity (Wildman–Crippen MR) is 74.8 cm³/mol. The number of terminal acetylenes is 1. The second-order valence-electron chi connectivity index (χ2n) is 5.36. The number of benzene rings is 1. The summed E-state index contributed by atoms with van der Waals surface area (Å²) in [5, 5.41) is 0. The van der Waals surface area contributed by atoms with Crippen LogP contribution >= 0.6 is 0 Å². The summed E-state index contributed by atoms with van der Waals surface area (Å²) >= 11 is 0. The van der Waals surface area contributed by atoms with E-state index in [9.17, 15) is 13.6 Å². The average Bonchev–Trinajstić information content (AvgIpc) is 2.36. The van der Waals surface area contributed by atoms with Gasteiger partial charge in [0.05, 0.1) is 6.54 Å². The highest BCUT2D eigenvalue weighted by Crippen LogP contribution is 2.29. The number of rotatable bonds is 1. The van der Waals surface area contributed by atoms with E-state index in [0.717, 1.165) is 25.5 Å². The van der Waals surface area contributed by atoms with Crippen LogP contribution in [0.25, 0.3) is 0 Å². The Labute approximate surface area is 118 Å². The first-order chi connectivity index (χ1) is 9.36. The molecule has 0 aromatic heterocycles. The molecule has 108 valence electrons. The SMILES string of the molecule is C#CCN1CCCC(C)(C)C1=O.Fc1cccc(F)c1. The smallest absolute Gasteiger partial charge is 0.229 e. The molecular formula is C16H19F2NO. The molecule has 4 heteroatoms. The van der Waals surface area contributed by atoms with Crippen molar-refractivity contribution in [2.45, 2.75) is 26.7 Å². The molecule has 0 radical (unpaired) electrons. The highest BCUT2D eigenvalue weighted by molar-refractivity contribution is 5.82. The van der Waals surface area contributed by atoms with E-state index in [1.165, 1.54) is 18.2 Å². The second kappa shape index (κ2) is 7.04. The van der Waals surface area contributed by atoms with E-state index >= 15 is 0 Å². The molecule has 20 heavy (non-hydrogen) atoms. The van der Waals surface area contributed by atoms with Crippen molar-refractivity contribution in [2.24, 2.45) is 5.41 Å². The Hall–Kier alpha value is -1.89. The number of carbonyl (C=O) groups excluding carboxylic acids is 1. The zero-order valence-corrected chi connectivity index (χ0v) is 11.8. The van der Waals surface area contributed by atoms with Crippen LogP contribution in [0.2, 0.25) is 0 Å². The average molecular weight is 279 g/mol. The van der Waals surface area contributed by atoms with Crippen molar-refractivity contribution in [3.8, 4) is 12.3 Å². The molecule has 1 heterocycles. The van der Waals surface area contributed by atoms with Crippen LogP contribution in [0.1, 0.15) is 26.7 Å². The van der Waals surface area contributed by atoms with Crippen molar-refractivity contribution in [1.29, 1.82) is 0 Å². The Morgan fingerprint density at radius 3 is 2.40 bits per heavy atom. The summed E-state index contributed by atoms with van der Waals surface area (Å²) in [6.45, 7) is 5.25. The Balaban J connectivity index is 0.000000217.